The molecule has 0 radical (unpaired) electrons. The zero-order valence-corrected chi connectivity index (χ0v) is 17.3. The average Bonchev–Trinajstić information content (AvgIpc) is 3.12. The van der Waals surface area contributed by atoms with Crippen LogP contribution in [0.25, 0.3) is 11.1 Å². The molecular formula is C21H18Cl2N4O2. The van der Waals surface area contributed by atoms with E-state index in [4.69, 9.17) is 23.2 Å². The zero-order valence-electron chi connectivity index (χ0n) is 15.8. The van der Waals surface area contributed by atoms with Crippen molar-refractivity contribution in [2.75, 3.05) is 10.6 Å². The summed E-state index contributed by atoms with van der Waals surface area (Å²) in [5, 5.41) is 11.3. The van der Waals surface area contributed by atoms with Gasteiger partial charge >= 0.3 is 0 Å². The molecule has 148 valence electrons. The first kappa shape index (κ1) is 19.5. The Morgan fingerprint density at radius 1 is 1.21 bits per heavy atom. The standard InChI is InChI=1S/C21H18Cl2N4O2/c1-11-6-7-15(9-16(11)23)24-18(28)10-17-21(29)25-20-19(12(2)26-27(17)20)13-4-3-5-14(22)8-13/h3-9,17H,10H2,1-2H3,(H,24,28)(H,25,29). The van der Waals surface area contributed by atoms with E-state index >= 15 is 0 Å². The molecule has 3 aromatic rings. The van der Waals surface area contributed by atoms with E-state index in [0.717, 1.165) is 22.4 Å². The Balaban J connectivity index is 1.58. The summed E-state index contributed by atoms with van der Waals surface area (Å²) >= 11 is 12.2. The molecule has 1 aromatic heterocycles. The molecule has 2 aromatic carbocycles. The maximum atomic E-state index is 12.5. The summed E-state index contributed by atoms with van der Waals surface area (Å²) < 4.78 is 1.58. The van der Waals surface area contributed by atoms with Crippen molar-refractivity contribution in [3.05, 3.63) is 63.8 Å². The van der Waals surface area contributed by atoms with Gasteiger partial charge in [0, 0.05) is 21.3 Å². The fraction of sp³-hybridized carbons (Fsp3) is 0.190. The van der Waals surface area contributed by atoms with Crippen molar-refractivity contribution < 1.29 is 9.59 Å². The van der Waals surface area contributed by atoms with Crippen molar-refractivity contribution in [3.63, 3.8) is 0 Å². The van der Waals surface area contributed by atoms with E-state index in [9.17, 15) is 9.59 Å². The van der Waals surface area contributed by atoms with Crippen molar-refractivity contribution in [1.29, 1.82) is 0 Å². The molecule has 8 heteroatoms. The van der Waals surface area contributed by atoms with Gasteiger partial charge in [-0.05, 0) is 49.2 Å². The lowest BCUT2D eigenvalue weighted by Gasteiger charge is -2.10. The number of anilines is 2. The first-order chi connectivity index (χ1) is 13.8. The van der Waals surface area contributed by atoms with Gasteiger partial charge in [0.15, 0.2) is 0 Å². The van der Waals surface area contributed by atoms with Crippen molar-refractivity contribution in [3.8, 4) is 11.1 Å². The minimum absolute atomic E-state index is 0.0412. The maximum absolute atomic E-state index is 12.5. The van der Waals surface area contributed by atoms with Crippen LogP contribution in [0.3, 0.4) is 0 Å². The van der Waals surface area contributed by atoms with Crippen LogP contribution in [0.5, 0.6) is 0 Å². The number of hydrogen-bond donors (Lipinski definition) is 2. The number of rotatable bonds is 4. The van der Waals surface area contributed by atoms with Gasteiger partial charge in [0.1, 0.15) is 11.9 Å². The minimum Gasteiger partial charge on any atom is -0.326 e. The molecule has 1 aliphatic heterocycles. The zero-order chi connectivity index (χ0) is 20.7. The number of amides is 2. The van der Waals surface area contributed by atoms with Crippen LogP contribution in [0, 0.1) is 13.8 Å². The van der Waals surface area contributed by atoms with Crippen molar-refractivity contribution in [2.45, 2.75) is 26.3 Å². The number of nitrogens with zero attached hydrogens (tertiary/aromatic N) is 2. The second-order valence-electron chi connectivity index (χ2n) is 6.99. The lowest BCUT2D eigenvalue weighted by Crippen LogP contribution is -2.23. The molecule has 1 atom stereocenters. The van der Waals surface area contributed by atoms with Gasteiger partial charge in [0.05, 0.1) is 12.1 Å². The molecule has 0 fully saturated rings. The van der Waals surface area contributed by atoms with E-state index in [0.29, 0.717) is 21.6 Å². The smallest absolute Gasteiger partial charge is 0.251 e. The number of aryl methyl sites for hydroxylation is 2. The van der Waals surface area contributed by atoms with Gasteiger partial charge in [-0.3, -0.25) is 9.59 Å². The van der Waals surface area contributed by atoms with Crippen molar-refractivity contribution in [1.82, 2.24) is 9.78 Å². The topological polar surface area (TPSA) is 76.0 Å². The lowest BCUT2D eigenvalue weighted by atomic mass is 10.1. The Kier molecular flexibility index (Phi) is 5.06. The van der Waals surface area contributed by atoms with Gasteiger partial charge in [0.25, 0.3) is 5.91 Å². The number of halogens is 2. The van der Waals surface area contributed by atoms with Crippen LogP contribution in [0.4, 0.5) is 11.5 Å². The summed E-state index contributed by atoms with van der Waals surface area (Å²) in [6, 6.07) is 11.9. The van der Waals surface area contributed by atoms with Gasteiger partial charge in [0.2, 0.25) is 5.91 Å². The van der Waals surface area contributed by atoms with Gasteiger partial charge in [-0.2, -0.15) is 5.10 Å². The molecule has 2 amide bonds. The van der Waals surface area contributed by atoms with E-state index < -0.39 is 6.04 Å². The summed E-state index contributed by atoms with van der Waals surface area (Å²) in [7, 11) is 0. The number of hydrogen-bond acceptors (Lipinski definition) is 3. The second kappa shape index (κ2) is 7.54. The van der Waals surface area contributed by atoms with Crippen LogP contribution < -0.4 is 10.6 Å². The molecule has 0 spiro atoms. The third-order valence-corrected chi connectivity index (χ3v) is 5.51. The molecule has 1 aliphatic rings. The predicted molar refractivity (Wildman–Crippen MR) is 115 cm³/mol. The Bertz CT molecular complexity index is 1140. The number of fused-ring (bicyclic) bond motifs is 1. The summed E-state index contributed by atoms with van der Waals surface area (Å²) in [6.07, 6.45) is -0.0412. The van der Waals surface area contributed by atoms with E-state index in [1.54, 1.807) is 22.9 Å². The first-order valence-electron chi connectivity index (χ1n) is 9.05. The molecule has 6 nitrogen and oxygen atoms in total. The maximum Gasteiger partial charge on any atom is 0.251 e. The van der Waals surface area contributed by atoms with E-state index in [1.165, 1.54) is 0 Å². The van der Waals surface area contributed by atoms with E-state index in [2.05, 4.69) is 15.7 Å². The molecule has 0 saturated carbocycles. The molecule has 4 rings (SSSR count). The van der Waals surface area contributed by atoms with Crippen molar-refractivity contribution in [2.24, 2.45) is 0 Å². The average molecular weight is 429 g/mol. The van der Waals surface area contributed by atoms with Crippen molar-refractivity contribution >= 4 is 46.5 Å². The van der Waals surface area contributed by atoms with Crippen LogP contribution in [-0.4, -0.2) is 21.6 Å². The molecule has 29 heavy (non-hydrogen) atoms. The largest absolute Gasteiger partial charge is 0.326 e. The minimum atomic E-state index is -0.724. The SMILES string of the molecule is Cc1ccc(NC(=O)CC2C(=O)Nc3c(-c4cccc(Cl)c4)c(C)nn32)cc1Cl. The fourth-order valence-corrected chi connectivity index (χ4v) is 3.80. The number of nitrogens with one attached hydrogen (secondary N) is 2. The molecule has 2 heterocycles. The summed E-state index contributed by atoms with van der Waals surface area (Å²) in [5.41, 5.74) is 3.91. The second-order valence-corrected chi connectivity index (χ2v) is 7.83. The summed E-state index contributed by atoms with van der Waals surface area (Å²) in [5.74, 6) is 0.00851. The highest BCUT2D eigenvalue weighted by molar-refractivity contribution is 6.31. The lowest BCUT2D eigenvalue weighted by molar-refractivity contribution is -0.123. The van der Waals surface area contributed by atoms with E-state index in [1.807, 2.05) is 38.1 Å². The third-order valence-electron chi connectivity index (χ3n) is 4.87. The third kappa shape index (κ3) is 3.73. The summed E-state index contributed by atoms with van der Waals surface area (Å²) in [4.78, 5) is 25.1. The molecular weight excluding hydrogens is 411 g/mol. The quantitative estimate of drug-likeness (QED) is 0.613. The molecule has 1 unspecified atom stereocenters. The number of benzene rings is 2. The summed E-state index contributed by atoms with van der Waals surface area (Å²) in [6.45, 7) is 3.75. The van der Waals surface area contributed by atoms with Gasteiger partial charge in [-0.15, -0.1) is 0 Å². The highest BCUT2D eigenvalue weighted by atomic mass is 35.5. The Morgan fingerprint density at radius 2 is 2.00 bits per heavy atom. The number of carbonyl (C=O) groups excluding carboxylic acids is 2. The predicted octanol–water partition coefficient (Wildman–Crippen LogP) is 5.00. The number of aromatic nitrogens is 2. The van der Waals surface area contributed by atoms with Crippen LogP contribution >= 0.6 is 23.2 Å². The molecule has 0 aliphatic carbocycles. The van der Waals surface area contributed by atoms with Crippen LogP contribution in [0.1, 0.15) is 23.7 Å². The van der Waals surface area contributed by atoms with Gasteiger partial charge in [-0.25, -0.2) is 4.68 Å². The van der Waals surface area contributed by atoms with Crippen LogP contribution in [0.2, 0.25) is 10.0 Å². The first-order valence-corrected chi connectivity index (χ1v) is 9.81. The molecule has 2 N–H and O–H groups in total. The normalized spacial score (nSPS) is 15.2. The monoisotopic (exact) mass is 428 g/mol. The highest BCUT2D eigenvalue weighted by Crippen LogP contribution is 2.38. The molecule has 0 bridgehead atoms. The molecule has 0 saturated heterocycles. The van der Waals surface area contributed by atoms with Gasteiger partial charge in [-0.1, -0.05) is 41.4 Å². The van der Waals surface area contributed by atoms with E-state index in [-0.39, 0.29) is 18.2 Å². The highest BCUT2D eigenvalue weighted by Gasteiger charge is 2.36. The Hall–Kier alpha value is -2.83. The Labute approximate surface area is 177 Å². The fourth-order valence-electron chi connectivity index (χ4n) is 3.43. The van der Waals surface area contributed by atoms with Crippen LogP contribution in [-0.2, 0) is 9.59 Å². The Morgan fingerprint density at radius 3 is 2.72 bits per heavy atom. The number of carbonyl (C=O) groups is 2. The van der Waals surface area contributed by atoms with Gasteiger partial charge < -0.3 is 10.6 Å². The van der Waals surface area contributed by atoms with Crippen LogP contribution in [0.15, 0.2) is 42.5 Å².